The fourth-order valence-electron chi connectivity index (χ4n) is 2.88. The van der Waals surface area contributed by atoms with E-state index in [0.717, 1.165) is 6.42 Å². The third-order valence-corrected chi connectivity index (χ3v) is 4.39. The molecule has 2 aromatic rings. The summed E-state index contributed by atoms with van der Waals surface area (Å²) in [5.41, 5.74) is 2.44. The molecule has 0 saturated carbocycles. The molecule has 0 saturated heterocycles. The summed E-state index contributed by atoms with van der Waals surface area (Å²) in [5.74, 6) is -0.388. The molecule has 0 aliphatic rings. The maximum Gasteiger partial charge on any atom is 0.193 e. The van der Waals surface area contributed by atoms with Crippen molar-refractivity contribution in [3.63, 3.8) is 0 Å². The van der Waals surface area contributed by atoms with Crippen molar-refractivity contribution >= 4 is 5.78 Å². The molecular formula is C22H28FNO. The van der Waals surface area contributed by atoms with Gasteiger partial charge in [0.15, 0.2) is 5.78 Å². The summed E-state index contributed by atoms with van der Waals surface area (Å²) in [6.07, 6.45) is 7.35. The molecule has 25 heavy (non-hydrogen) atoms. The normalized spacial score (nSPS) is 11.0. The second-order valence-electron chi connectivity index (χ2n) is 6.85. The molecule has 0 heterocycles. The number of carbonyl (C=O) groups excluding carboxylic acids is 1. The molecule has 2 aromatic carbocycles. The lowest BCUT2D eigenvalue weighted by Gasteiger charge is -2.08. The number of rotatable bonds is 10. The number of carbonyl (C=O) groups is 1. The van der Waals surface area contributed by atoms with Crippen LogP contribution in [0.4, 0.5) is 4.39 Å². The zero-order valence-electron chi connectivity index (χ0n) is 15.3. The van der Waals surface area contributed by atoms with E-state index < -0.39 is 0 Å². The van der Waals surface area contributed by atoms with Gasteiger partial charge in [-0.3, -0.25) is 4.79 Å². The van der Waals surface area contributed by atoms with Crippen LogP contribution in [0.25, 0.3) is 0 Å². The first-order chi connectivity index (χ1) is 12.1. The summed E-state index contributed by atoms with van der Waals surface area (Å²) in [6.45, 7) is 1.17. The predicted octanol–water partition coefficient (Wildman–Crippen LogP) is 5.11. The van der Waals surface area contributed by atoms with Crippen LogP contribution in [0, 0.1) is 5.82 Å². The first-order valence-corrected chi connectivity index (χ1v) is 9.10. The molecule has 0 aliphatic heterocycles. The fraction of sp³-hybridized carbons (Fsp3) is 0.409. The van der Waals surface area contributed by atoms with Crippen molar-refractivity contribution in [1.82, 2.24) is 4.90 Å². The van der Waals surface area contributed by atoms with Gasteiger partial charge < -0.3 is 4.90 Å². The summed E-state index contributed by atoms with van der Waals surface area (Å²) in [4.78, 5) is 14.6. The van der Waals surface area contributed by atoms with Crippen LogP contribution in [0.1, 0.15) is 53.6 Å². The van der Waals surface area contributed by atoms with Crippen LogP contribution in [-0.2, 0) is 6.42 Å². The van der Waals surface area contributed by atoms with E-state index in [1.165, 1.54) is 68.5 Å². The van der Waals surface area contributed by atoms with Gasteiger partial charge in [-0.15, -0.1) is 0 Å². The van der Waals surface area contributed by atoms with Crippen LogP contribution in [0.3, 0.4) is 0 Å². The summed E-state index contributed by atoms with van der Waals surface area (Å²) in [5, 5.41) is 0. The Kier molecular flexibility index (Phi) is 7.80. The second kappa shape index (κ2) is 10.1. The third-order valence-electron chi connectivity index (χ3n) is 4.39. The van der Waals surface area contributed by atoms with Gasteiger partial charge in [0.05, 0.1) is 0 Å². The van der Waals surface area contributed by atoms with E-state index in [9.17, 15) is 9.18 Å². The highest BCUT2D eigenvalue weighted by Gasteiger charge is 2.08. The molecule has 0 bridgehead atoms. The highest BCUT2D eigenvalue weighted by atomic mass is 19.1. The number of nitrogens with zero attached hydrogens (tertiary/aromatic N) is 1. The Morgan fingerprint density at radius 1 is 0.800 bits per heavy atom. The Hall–Kier alpha value is -2.00. The van der Waals surface area contributed by atoms with Crippen molar-refractivity contribution in [1.29, 1.82) is 0 Å². The lowest BCUT2D eigenvalue weighted by Crippen LogP contribution is -2.12. The molecule has 3 heteroatoms. The van der Waals surface area contributed by atoms with E-state index in [4.69, 9.17) is 0 Å². The van der Waals surface area contributed by atoms with Gasteiger partial charge in [-0.1, -0.05) is 43.5 Å². The molecule has 0 fully saturated rings. The molecule has 0 unspecified atom stereocenters. The fourth-order valence-corrected chi connectivity index (χ4v) is 2.88. The van der Waals surface area contributed by atoms with Crippen molar-refractivity contribution in [2.45, 2.75) is 38.5 Å². The van der Waals surface area contributed by atoms with Gasteiger partial charge in [-0.25, -0.2) is 4.39 Å². The van der Waals surface area contributed by atoms with Gasteiger partial charge in [0.2, 0.25) is 0 Å². The van der Waals surface area contributed by atoms with Gasteiger partial charge in [-0.05, 0) is 69.7 Å². The first-order valence-electron chi connectivity index (χ1n) is 9.10. The van der Waals surface area contributed by atoms with E-state index >= 15 is 0 Å². The molecule has 0 aliphatic carbocycles. The van der Waals surface area contributed by atoms with Crippen molar-refractivity contribution in [2.75, 3.05) is 20.6 Å². The Morgan fingerprint density at radius 2 is 1.32 bits per heavy atom. The molecule has 2 nitrogen and oxygen atoms in total. The van der Waals surface area contributed by atoms with Crippen LogP contribution in [-0.4, -0.2) is 31.3 Å². The van der Waals surface area contributed by atoms with E-state index in [1.54, 1.807) is 0 Å². The molecule has 0 N–H and O–H groups in total. The van der Waals surface area contributed by atoms with Gasteiger partial charge in [0.1, 0.15) is 5.82 Å². The van der Waals surface area contributed by atoms with Crippen LogP contribution in [0.15, 0.2) is 48.5 Å². The van der Waals surface area contributed by atoms with Crippen LogP contribution >= 0.6 is 0 Å². The van der Waals surface area contributed by atoms with Crippen molar-refractivity contribution < 1.29 is 9.18 Å². The maximum absolute atomic E-state index is 12.9. The lowest BCUT2D eigenvalue weighted by atomic mass is 10.00. The van der Waals surface area contributed by atoms with Crippen LogP contribution in [0.5, 0.6) is 0 Å². The quantitative estimate of drug-likeness (QED) is 0.442. The summed E-state index contributed by atoms with van der Waals surface area (Å²) >= 11 is 0. The SMILES string of the molecule is CN(C)CCCCCCCc1ccc(C(=O)c2ccc(F)cc2)cc1. The Balaban J connectivity index is 1.74. The van der Waals surface area contributed by atoms with Crippen LogP contribution < -0.4 is 0 Å². The molecule has 0 amide bonds. The Bertz CT molecular complexity index is 647. The molecule has 134 valence electrons. The summed E-state index contributed by atoms with van der Waals surface area (Å²) in [7, 11) is 4.23. The zero-order valence-corrected chi connectivity index (χ0v) is 15.3. The average molecular weight is 341 g/mol. The largest absolute Gasteiger partial charge is 0.309 e. The first kappa shape index (κ1) is 19.3. The Labute approximate surface area is 150 Å². The number of halogens is 1. The minimum atomic E-state index is -0.325. The second-order valence-corrected chi connectivity index (χ2v) is 6.85. The average Bonchev–Trinajstić information content (AvgIpc) is 2.61. The number of ketones is 1. The summed E-state index contributed by atoms with van der Waals surface area (Å²) < 4.78 is 12.9. The van der Waals surface area contributed by atoms with Crippen molar-refractivity contribution in [3.05, 3.63) is 71.0 Å². The zero-order chi connectivity index (χ0) is 18.1. The standard InChI is InChI=1S/C22H28FNO/c1-24(2)17-7-5-3-4-6-8-18-9-11-19(12-10-18)22(25)20-13-15-21(23)16-14-20/h9-16H,3-8,17H2,1-2H3. The molecular weight excluding hydrogens is 313 g/mol. The molecule has 2 rings (SSSR count). The van der Waals surface area contributed by atoms with Crippen LogP contribution in [0.2, 0.25) is 0 Å². The van der Waals surface area contributed by atoms with Gasteiger partial charge in [-0.2, -0.15) is 0 Å². The maximum atomic E-state index is 12.9. The highest BCUT2D eigenvalue weighted by molar-refractivity contribution is 6.08. The molecule has 0 atom stereocenters. The number of aryl methyl sites for hydroxylation is 1. The number of hydrogen-bond donors (Lipinski definition) is 0. The van der Waals surface area contributed by atoms with Gasteiger partial charge >= 0.3 is 0 Å². The molecule has 0 radical (unpaired) electrons. The van der Waals surface area contributed by atoms with Gasteiger partial charge in [0.25, 0.3) is 0 Å². The number of hydrogen-bond acceptors (Lipinski definition) is 2. The third kappa shape index (κ3) is 6.79. The monoisotopic (exact) mass is 341 g/mol. The minimum absolute atomic E-state index is 0.0626. The van der Waals surface area contributed by atoms with Gasteiger partial charge in [0, 0.05) is 11.1 Å². The lowest BCUT2D eigenvalue weighted by molar-refractivity contribution is 0.103. The van der Waals surface area contributed by atoms with Crippen molar-refractivity contribution in [2.24, 2.45) is 0 Å². The predicted molar refractivity (Wildman–Crippen MR) is 102 cm³/mol. The highest BCUT2D eigenvalue weighted by Crippen LogP contribution is 2.14. The summed E-state index contributed by atoms with van der Waals surface area (Å²) in [6, 6.07) is 13.5. The molecule has 0 spiro atoms. The van der Waals surface area contributed by atoms with E-state index in [2.05, 4.69) is 19.0 Å². The smallest absolute Gasteiger partial charge is 0.193 e. The topological polar surface area (TPSA) is 20.3 Å². The van der Waals surface area contributed by atoms with E-state index in [-0.39, 0.29) is 11.6 Å². The number of benzene rings is 2. The van der Waals surface area contributed by atoms with E-state index in [0.29, 0.717) is 11.1 Å². The molecule has 0 aromatic heterocycles. The van der Waals surface area contributed by atoms with E-state index in [1.807, 2.05) is 24.3 Å². The minimum Gasteiger partial charge on any atom is -0.309 e. The Morgan fingerprint density at radius 3 is 1.92 bits per heavy atom. The van der Waals surface area contributed by atoms with Crippen molar-refractivity contribution in [3.8, 4) is 0 Å². The number of unbranched alkanes of at least 4 members (excludes halogenated alkanes) is 4.